The predicted octanol–water partition coefficient (Wildman–Crippen LogP) is 2.81. The lowest BCUT2D eigenvalue weighted by Gasteiger charge is -2.37. The molecule has 1 fully saturated rings. The van der Waals surface area contributed by atoms with Crippen LogP contribution in [-0.2, 0) is 23.0 Å². The molecule has 0 saturated carbocycles. The largest absolute Gasteiger partial charge is 0.468 e. The molecule has 24 heavy (non-hydrogen) atoms. The van der Waals surface area contributed by atoms with Gasteiger partial charge in [0.05, 0.1) is 19.1 Å². The minimum Gasteiger partial charge on any atom is -0.468 e. The molecule has 3 rings (SSSR count). The van der Waals surface area contributed by atoms with Gasteiger partial charge in [0.1, 0.15) is 5.76 Å². The van der Waals surface area contributed by atoms with Crippen molar-refractivity contribution >= 4 is 21.4 Å². The first-order valence-corrected chi connectivity index (χ1v) is 11.0. The van der Waals surface area contributed by atoms with E-state index in [2.05, 4.69) is 22.4 Å². The molecule has 0 aromatic carbocycles. The normalized spacial score (nSPS) is 17.6. The number of thiophene rings is 1. The van der Waals surface area contributed by atoms with Crippen molar-refractivity contribution in [3.63, 3.8) is 0 Å². The average Bonchev–Trinajstić information content (AvgIpc) is 3.24. The molecule has 7 heteroatoms. The number of sulfonamides is 1. The number of likely N-dealkylation sites (tertiary alicyclic amines) is 1. The van der Waals surface area contributed by atoms with Gasteiger partial charge in [-0.1, -0.05) is 6.07 Å². The molecule has 132 valence electrons. The van der Waals surface area contributed by atoms with Gasteiger partial charge in [-0.15, -0.1) is 11.3 Å². The molecule has 0 aliphatic carbocycles. The summed E-state index contributed by atoms with van der Waals surface area (Å²) in [5, 5.41) is 2.11. The van der Waals surface area contributed by atoms with Gasteiger partial charge in [-0.05, 0) is 55.9 Å². The Hall–Kier alpha value is -1.15. The molecule has 5 nitrogen and oxygen atoms in total. The van der Waals surface area contributed by atoms with Gasteiger partial charge in [-0.3, -0.25) is 0 Å². The Labute approximate surface area is 147 Å². The molecule has 0 amide bonds. The molecule has 2 aromatic rings. The van der Waals surface area contributed by atoms with Gasteiger partial charge >= 0.3 is 0 Å². The Bertz CT molecular complexity index is 703. The fourth-order valence-electron chi connectivity index (χ4n) is 3.23. The second kappa shape index (κ2) is 7.82. The van der Waals surface area contributed by atoms with Crippen LogP contribution in [0.3, 0.4) is 0 Å². The molecule has 1 aliphatic rings. The number of nitrogens with zero attached hydrogens (tertiary/aromatic N) is 2. The van der Waals surface area contributed by atoms with Crippen LogP contribution < -0.4 is 0 Å². The van der Waals surface area contributed by atoms with E-state index in [1.807, 2.05) is 6.07 Å². The quantitative estimate of drug-likeness (QED) is 0.754. The number of piperidine rings is 1. The van der Waals surface area contributed by atoms with Gasteiger partial charge in [0, 0.05) is 17.5 Å². The molecule has 1 saturated heterocycles. The first-order chi connectivity index (χ1) is 11.5. The van der Waals surface area contributed by atoms with Crippen molar-refractivity contribution in [2.75, 3.05) is 25.9 Å². The van der Waals surface area contributed by atoms with Crippen molar-refractivity contribution in [1.29, 1.82) is 0 Å². The molecule has 3 heterocycles. The van der Waals surface area contributed by atoms with Gasteiger partial charge in [0.25, 0.3) is 0 Å². The lowest BCUT2D eigenvalue weighted by molar-refractivity contribution is 0.154. The van der Waals surface area contributed by atoms with E-state index in [-0.39, 0.29) is 6.04 Å². The summed E-state index contributed by atoms with van der Waals surface area (Å²) in [6, 6.07) is 7.94. The van der Waals surface area contributed by atoms with Crippen LogP contribution in [0.25, 0.3) is 0 Å². The molecule has 0 bridgehead atoms. The van der Waals surface area contributed by atoms with Crippen LogP contribution in [0.2, 0.25) is 0 Å². The summed E-state index contributed by atoms with van der Waals surface area (Å²) in [6.07, 6.45) is 5.70. The van der Waals surface area contributed by atoms with Crippen molar-refractivity contribution in [3.8, 4) is 0 Å². The Morgan fingerprint density at radius 2 is 2.08 bits per heavy atom. The Morgan fingerprint density at radius 3 is 2.67 bits per heavy atom. The van der Waals surface area contributed by atoms with Crippen LogP contribution in [0.15, 0.2) is 40.3 Å². The number of rotatable bonds is 7. The maximum atomic E-state index is 12.2. The van der Waals surface area contributed by atoms with Crippen LogP contribution in [-0.4, -0.2) is 49.6 Å². The van der Waals surface area contributed by atoms with Crippen LogP contribution >= 0.6 is 11.3 Å². The lowest BCUT2D eigenvalue weighted by atomic mass is 10.0. The van der Waals surface area contributed by atoms with Gasteiger partial charge < -0.3 is 9.32 Å². The summed E-state index contributed by atoms with van der Waals surface area (Å²) in [7, 11) is -3.25. The summed E-state index contributed by atoms with van der Waals surface area (Å²) in [4.78, 5) is 3.84. The Kier molecular flexibility index (Phi) is 5.76. The molecule has 0 radical (unpaired) electrons. The molecule has 0 unspecified atom stereocenters. The second-order valence-electron chi connectivity index (χ2n) is 6.29. The lowest BCUT2D eigenvalue weighted by Crippen LogP contribution is -2.47. The van der Waals surface area contributed by atoms with E-state index in [0.717, 1.165) is 38.9 Å². The topological polar surface area (TPSA) is 53.8 Å². The fourth-order valence-corrected chi connectivity index (χ4v) is 5.04. The van der Waals surface area contributed by atoms with E-state index in [1.165, 1.54) is 11.1 Å². The van der Waals surface area contributed by atoms with Crippen LogP contribution in [0.5, 0.6) is 0 Å². The van der Waals surface area contributed by atoms with Gasteiger partial charge in [0.2, 0.25) is 10.0 Å². The summed E-state index contributed by atoms with van der Waals surface area (Å²) in [5.41, 5.74) is 0. The summed E-state index contributed by atoms with van der Waals surface area (Å²) in [5.74, 6) is 0.695. The maximum absolute atomic E-state index is 12.2. The molecular formula is C17H24N2O3S2. The van der Waals surface area contributed by atoms with Gasteiger partial charge in [-0.25, -0.2) is 8.42 Å². The molecule has 1 aliphatic heterocycles. The summed E-state index contributed by atoms with van der Waals surface area (Å²) >= 11 is 1.80. The molecule has 0 spiro atoms. The number of hydrogen-bond acceptors (Lipinski definition) is 5. The van der Waals surface area contributed by atoms with Crippen LogP contribution in [0.4, 0.5) is 0 Å². The van der Waals surface area contributed by atoms with Gasteiger partial charge in [0.15, 0.2) is 0 Å². The zero-order valence-electron chi connectivity index (χ0n) is 13.9. The van der Waals surface area contributed by atoms with Crippen molar-refractivity contribution in [3.05, 3.63) is 46.5 Å². The zero-order valence-corrected chi connectivity index (χ0v) is 15.6. The van der Waals surface area contributed by atoms with E-state index in [4.69, 9.17) is 4.42 Å². The Morgan fingerprint density at radius 1 is 1.29 bits per heavy atom. The first kappa shape index (κ1) is 17.7. The average molecular weight is 369 g/mol. The standard InChI is InChI=1S/C17H24N2O3S2/c1-24(20,21)19(14-16-4-2-12-22-16)15-6-9-18(10-7-15)11-8-17-5-3-13-23-17/h2-5,12-13,15H,6-11,14H2,1H3. The highest BCUT2D eigenvalue weighted by molar-refractivity contribution is 7.88. The van der Waals surface area contributed by atoms with Crippen molar-refractivity contribution in [1.82, 2.24) is 9.21 Å². The summed E-state index contributed by atoms with van der Waals surface area (Å²) < 4.78 is 31.3. The third-order valence-electron chi connectivity index (χ3n) is 4.54. The zero-order chi connectivity index (χ0) is 17.0. The maximum Gasteiger partial charge on any atom is 0.211 e. The SMILES string of the molecule is CS(=O)(=O)N(Cc1ccco1)C1CCN(CCc2cccs2)CC1. The minimum atomic E-state index is -3.25. The van der Waals surface area contributed by atoms with Crippen molar-refractivity contribution in [2.45, 2.75) is 31.8 Å². The first-order valence-electron chi connectivity index (χ1n) is 8.26. The van der Waals surface area contributed by atoms with Crippen molar-refractivity contribution in [2.24, 2.45) is 0 Å². The van der Waals surface area contributed by atoms with E-state index in [9.17, 15) is 8.42 Å². The smallest absolute Gasteiger partial charge is 0.211 e. The third kappa shape index (κ3) is 4.69. The van der Waals surface area contributed by atoms with Crippen molar-refractivity contribution < 1.29 is 12.8 Å². The van der Waals surface area contributed by atoms with E-state index in [0.29, 0.717) is 12.3 Å². The van der Waals surface area contributed by atoms with E-state index in [1.54, 1.807) is 28.0 Å². The number of furan rings is 1. The molecular weight excluding hydrogens is 344 g/mol. The second-order valence-corrected chi connectivity index (χ2v) is 9.26. The van der Waals surface area contributed by atoms with Gasteiger partial charge in [-0.2, -0.15) is 4.31 Å². The van der Waals surface area contributed by atoms with E-state index < -0.39 is 10.0 Å². The minimum absolute atomic E-state index is 0.0584. The molecule has 2 aromatic heterocycles. The monoisotopic (exact) mass is 368 g/mol. The number of hydrogen-bond donors (Lipinski definition) is 0. The summed E-state index contributed by atoms with van der Waals surface area (Å²) in [6.45, 7) is 3.26. The fraction of sp³-hybridized carbons (Fsp3) is 0.529. The van der Waals surface area contributed by atoms with E-state index >= 15 is 0 Å². The van der Waals surface area contributed by atoms with Crippen LogP contribution in [0, 0.1) is 0 Å². The highest BCUT2D eigenvalue weighted by Gasteiger charge is 2.30. The molecule has 0 atom stereocenters. The molecule has 0 N–H and O–H groups in total. The Balaban J connectivity index is 1.54. The third-order valence-corrected chi connectivity index (χ3v) is 6.75. The highest BCUT2D eigenvalue weighted by atomic mass is 32.2. The predicted molar refractivity (Wildman–Crippen MR) is 96.6 cm³/mol. The van der Waals surface area contributed by atoms with Crippen LogP contribution in [0.1, 0.15) is 23.5 Å². The highest BCUT2D eigenvalue weighted by Crippen LogP contribution is 2.22.